The first-order valence-electron chi connectivity index (χ1n) is 7.01. The summed E-state index contributed by atoms with van der Waals surface area (Å²) in [5, 5.41) is 0. The van der Waals surface area contributed by atoms with Gasteiger partial charge < -0.3 is 4.42 Å². The highest BCUT2D eigenvalue weighted by molar-refractivity contribution is 5.77. The highest BCUT2D eigenvalue weighted by atomic mass is 19.1. The molecule has 0 unspecified atom stereocenters. The molecule has 0 atom stereocenters. The second-order valence-corrected chi connectivity index (χ2v) is 5.07. The lowest BCUT2D eigenvalue weighted by atomic mass is 10.0. The Labute approximate surface area is 126 Å². The fraction of sp³-hybridized carbons (Fsp3) is 0. The lowest BCUT2D eigenvalue weighted by Gasteiger charge is -2.03. The van der Waals surface area contributed by atoms with Gasteiger partial charge >= 0.3 is 0 Å². The van der Waals surface area contributed by atoms with Gasteiger partial charge in [0.2, 0.25) is 5.89 Å². The van der Waals surface area contributed by atoms with E-state index in [1.165, 1.54) is 12.1 Å². The molecule has 106 valence electrons. The van der Waals surface area contributed by atoms with E-state index in [4.69, 9.17) is 4.42 Å². The van der Waals surface area contributed by atoms with Gasteiger partial charge in [-0.15, -0.1) is 0 Å². The normalized spacial score (nSPS) is 11.0. The van der Waals surface area contributed by atoms with Crippen molar-refractivity contribution >= 4 is 11.1 Å². The van der Waals surface area contributed by atoms with Gasteiger partial charge in [0.25, 0.3) is 0 Å². The Balaban J connectivity index is 1.79. The van der Waals surface area contributed by atoms with Gasteiger partial charge in [-0.3, -0.25) is 0 Å². The molecule has 3 heteroatoms. The van der Waals surface area contributed by atoms with Gasteiger partial charge in [0, 0.05) is 5.56 Å². The van der Waals surface area contributed by atoms with Crippen molar-refractivity contribution in [3.05, 3.63) is 78.6 Å². The van der Waals surface area contributed by atoms with Crippen LogP contribution in [0.25, 0.3) is 33.7 Å². The predicted octanol–water partition coefficient (Wildman–Crippen LogP) is 5.30. The van der Waals surface area contributed by atoms with E-state index in [0.717, 1.165) is 27.8 Å². The average Bonchev–Trinajstić information content (AvgIpc) is 3.00. The Morgan fingerprint density at radius 2 is 1.50 bits per heavy atom. The highest BCUT2D eigenvalue weighted by Crippen LogP contribution is 2.28. The molecule has 0 aliphatic rings. The molecular weight excluding hydrogens is 277 g/mol. The summed E-state index contributed by atoms with van der Waals surface area (Å²) in [6, 6.07) is 22.0. The third-order valence-corrected chi connectivity index (χ3v) is 3.58. The molecule has 0 fully saturated rings. The molecule has 0 saturated carbocycles. The Hall–Kier alpha value is -2.94. The molecule has 0 saturated heterocycles. The molecule has 0 N–H and O–H groups in total. The van der Waals surface area contributed by atoms with Crippen molar-refractivity contribution in [2.24, 2.45) is 0 Å². The van der Waals surface area contributed by atoms with Crippen LogP contribution in [0, 0.1) is 5.82 Å². The molecule has 2 nitrogen and oxygen atoms in total. The number of rotatable bonds is 2. The van der Waals surface area contributed by atoms with Gasteiger partial charge in [-0.25, -0.2) is 9.37 Å². The van der Waals surface area contributed by atoms with Crippen molar-refractivity contribution in [1.82, 2.24) is 4.98 Å². The minimum Gasteiger partial charge on any atom is -0.436 e. The van der Waals surface area contributed by atoms with E-state index in [1.54, 1.807) is 12.1 Å². The Kier molecular flexibility index (Phi) is 2.97. The summed E-state index contributed by atoms with van der Waals surface area (Å²) in [5.74, 6) is 0.351. The minimum absolute atomic E-state index is 0.237. The van der Waals surface area contributed by atoms with Crippen LogP contribution in [0.4, 0.5) is 4.39 Å². The number of halogens is 1. The highest BCUT2D eigenvalue weighted by Gasteiger charge is 2.08. The topological polar surface area (TPSA) is 26.0 Å². The maximum Gasteiger partial charge on any atom is 0.227 e. The van der Waals surface area contributed by atoms with Gasteiger partial charge in [-0.05, 0) is 47.5 Å². The van der Waals surface area contributed by atoms with Gasteiger partial charge in [0.05, 0.1) is 0 Å². The summed E-state index contributed by atoms with van der Waals surface area (Å²) < 4.78 is 18.8. The fourth-order valence-corrected chi connectivity index (χ4v) is 2.47. The van der Waals surface area contributed by atoms with Crippen molar-refractivity contribution in [2.45, 2.75) is 0 Å². The molecular formula is C19H12FNO. The molecule has 1 aromatic heterocycles. The van der Waals surface area contributed by atoms with Crippen LogP contribution in [0.15, 0.2) is 77.2 Å². The largest absolute Gasteiger partial charge is 0.436 e. The smallest absolute Gasteiger partial charge is 0.227 e. The number of fused-ring (bicyclic) bond motifs is 1. The first kappa shape index (κ1) is 12.8. The van der Waals surface area contributed by atoms with E-state index in [9.17, 15) is 4.39 Å². The number of benzene rings is 3. The van der Waals surface area contributed by atoms with Crippen LogP contribution < -0.4 is 0 Å². The molecule has 0 amide bonds. The molecule has 0 radical (unpaired) electrons. The van der Waals surface area contributed by atoms with Crippen LogP contribution >= 0.6 is 0 Å². The first-order chi connectivity index (χ1) is 10.8. The van der Waals surface area contributed by atoms with Crippen LogP contribution in [0.3, 0.4) is 0 Å². The Morgan fingerprint density at radius 1 is 0.727 bits per heavy atom. The molecule has 0 aliphatic heterocycles. The maximum absolute atomic E-state index is 13.0. The number of hydrogen-bond donors (Lipinski definition) is 0. The number of para-hydroxylation sites is 2. The van der Waals surface area contributed by atoms with Gasteiger partial charge in [-0.2, -0.15) is 0 Å². The Bertz CT molecular complexity index is 908. The molecule has 3 aromatic carbocycles. The van der Waals surface area contributed by atoms with Crippen LogP contribution in [0.5, 0.6) is 0 Å². The third-order valence-electron chi connectivity index (χ3n) is 3.58. The summed E-state index contributed by atoms with van der Waals surface area (Å²) in [4.78, 5) is 4.51. The fourth-order valence-electron chi connectivity index (χ4n) is 2.47. The van der Waals surface area contributed by atoms with Crippen LogP contribution in [-0.4, -0.2) is 4.98 Å². The average molecular weight is 289 g/mol. The van der Waals surface area contributed by atoms with E-state index in [2.05, 4.69) is 4.98 Å². The van der Waals surface area contributed by atoms with E-state index in [0.29, 0.717) is 5.89 Å². The summed E-state index contributed by atoms with van der Waals surface area (Å²) in [6.07, 6.45) is 0. The monoisotopic (exact) mass is 289 g/mol. The summed E-state index contributed by atoms with van der Waals surface area (Å²) in [6.45, 7) is 0. The predicted molar refractivity (Wildman–Crippen MR) is 84.8 cm³/mol. The van der Waals surface area contributed by atoms with E-state index in [-0.39, 0.29) is 5.82 Å². The van der Waals surface area contributed by atoms with Gasteiger partial charge in [0.1, 0.15) is 11.3 Å². The third kappa shape index (κ3) is 2.27. The zero-order chi connectivity index (χ0) is 14.9. The second kappa shape index (κ2) is 5.11. The van der Waals surface area contributed by atoms with Gasteiger partial charge in [0.15, 0.2) is 5.58 Å². The van der Waals surface area contributed by atoms with Crippen molar-refractivity contribution in [2.75, 3.05) is 0 Å². The van der Waals surface area contributed by atoms with Gasteiger partial charge in [-0.1, -0.05) is 36.4 Å². The standard InChI is InChI=1S/C19H12FNO/c20-16-10-8-13(9-11-16)14-4-3-5-15(12-14)19-21-17-6-1-2-7-18(17)22-19/h1-12H. The molecule has 0 bridgehead atoms. The van der Waals surface area contributed by atoms with E-state index < -0.39 is 0 Å². The minimum atomic E-state index is -0.237. The number of hydrogen-bond acceptors (Lipinski definition) is 2. The van der Waals surface area contributed by atoms with Crippen LogP contribution in [-0.2, 0) is 0 Å². The van der Waals surface area contributed by atoms with E-state index >= 15 is 0 Å². The van der Waals surface area contributed by atoms with Crippen molar-refractivity contribution in [1.29, 1.82) is 0 Å². The lowest BCUT2D eigenvalue weighted by molar-refractivity contribution is 0.620. The van der Waals surface area contributed by atoms with Crippen LogP contribution in [0.1, 0.15) is 0 Å². The maximum atomic E-state index is 13.0. The van der Waals surface area contributed by atoms with Crippen LogP contribution in [0.2, 0.25) is 0 Å². The number of oxazole rings is 1. The lowest BCUT2D eigenvalue weighted by Crippen LogP contribution is -1.82. The summed E-state index contributed by atoms with van der Waals surface area (Å²) in [5.41, 5.74) is 4.46. The van der Waals surface area contributed by atoms with Crippen molar-refractivity contribution in [3.63, 3.8) is 0 Å². The molecule has 4 aromatic rings. The molecule has 4 rings (SSSR count). The molecule has 0 spiro atoms. The van der Waals surface area contributed by atoms with Crippen molar-refractivity contribution in [3.8, 4) is 22.6 Å². The SMILES string of the molecule is Fc1ccc(-c2cccc(-c3nc4ccccc4o3)c2)cc1. The molecule has 0 aliphatic carbocycles. The second-order valence-electron chi connectivity index (χ2n) is 5.07. The quantitative estimate of drug-likeness (QED) is 0.500. The van der Waals surface area contributed by atoms with Crippen molar-refractivity contribution < 1.29 is 8.81 Å². The number of aromatic nitrogens is 1. The number of nitrogens with zero attached hydrogens (tertiary/aromatic N) is 1. The van der Waals surface area contributed by atoms with E-state index in [1.807, 2.05) is 48.5 Å². The summed E-state index contributed by atoms with van der Waals surface area (Å²) >= 11 is 0. The zero-order valence-corrected chi connectivity index (χ0v) is 11.7. The zero-order valence-electron chi connectivity index (χ0n) is 11.7. The summed E-state index contributed by atoms with van der Waals surface area (Å²) in [7, 11) is 0. The molecule has 1 heterocycles. The first-order valence-corrected chi connectivity index (χ1v) is 7.01. The Morgan fingerprint density at radius 3 is 2.32 bits per heavy atom. The molecule has 22 heavy (non-hydrogen) atoms.